The van der Waals surface area contributed by atoms with Crippen LogP contribution in [-0.2, 0) is 6.54 Å². The Hall–Kier alpha value is -1.69. The highest BCUT2D eigenvalue weighted by Crippen LogP contribution is 2.06. The van der Waals surface area contributed by atoms with Crippen molar-refractivity contribution in [3.8, 4) is 0 Å². The normalized spacial score (nSPS) is 10.8. The molecule has 15 heavy (non-hydrogen) atoms. The average molecular weight is 227 g/mol. The lowest BCUT2D eigenvalue weighted by atomic mass is 10.4. The molecule has 2 heterocycles. The minimum Gasteiger partial charge on any atom is -0.303 e. The number of hydrogen-bond donors (Lipinski definition) is 1. The van der Waals surface area contributed by atoms with Crippen molar-refractivity contribution in [3.63, 3.8) is 0 Å². The zero-order valence-electron chi connectivity index (χ0n) is 7.82. The van der Waals surface area contributed by atoms with Crippen molar-refractivity contribution in [2.75, 3.05) is 0 Å². The molecule has 0 saturated carbocycles. The number of nitrogens with zero attached hydrogens (tertiary/aromatic N) is 3. The molecule has 0 spiro atoms. The molecular weight excluding hydrogens is 220 g/mol. The Morgan fingerprint density at radius 1 is 1.67 bits per heavy atom. The van der Waals surface area contributed by atoms with Gasteiger partial charge in [-0.15, -0.1) is 0 Å². The van der Waals surface area contributed by atoms with Crippen LogP contribution in [0.25, 0.3) is 11.2 Å². The maximum atomic E-state index is 11.4. The Balaban J connectivity index is 2.78. The van der Waals surface area contributed by atoms with Crippen LogP contribution in [-0.4, -0.2) is 25.0 Å². The molecule has 2 aromatic rings. The number of carbonyl (C=O) groups excluding carboxylic acids is 1. The number of aromatic nitrogens is 4. The highest BCUT2D eigenvalue weighted by atomic mass is 35.5. The largest absolute Gasteiger partial charge is 0.303 e. The number of H-pyrrole nitrogens is 1. The second-order valence-electron chi connectivity index (χ2n) is 2.88. The van der Waals surface area contributed by atoms with Gasteiger partial charge in [0.1, 0.15) is 5.52 Å². The third kappa shape index (κ3) is 1.52. The maximum absolute atomic E-state index is 11.4. The van der Waals surface area contributed by atoms with Crippen molar-refractivity contribution in [1.29, 1.82) is 0 Å². The molecule has 0 bridgehead atoms. The number of rotatable bonds is 2. The van der Waals surface area contributed by atoms with Gasteiger partial charge in [-0.25, -0.2) is 9.67 Å². The number of aryl methyl sites for hydroxylation is 1. The predicted molar refractivity (Wildman–Crippen MR) is 54.0 cm³/mol. The zero-order valence-corrected chi connectivity index (χ0v) is 8.58. The molecule has 0 saturated heterocycles. The minimum absolute atomic E-state index is 0.306. The molecule has 0 unspecified atom stereocenters. The van der Waals surface area contributed by atoms with Crippen molar-refractivity contribution >= 4 is 28.0 Å². The first-order valence-electron chi connectivity index (χ1n) is 4.29. The number of aromatic amines is 1. The Bertz CT molecular complexity index is 586. The van der Waals surface area contributed by atoms with Gasteiger partial charge in [0.15, 0.2) is 11.3 Å². The van der Waals surface area contributed by atoms with Crippen LogP contribution in [0.5, 0.6) is 0 Å². The van der Waals surface area contributed by atoms with E-state index >= 15 is 0 Å². The number of carbonyl (C=O) groups is 1. The van der Waals surface area contributed by atoms with Crippen LogP contribution in [0, 0.1) is 0 Å². The van der Waals surface area contributed by atoms with Gasteiger partial charge in [-0.1, -0.05) is 0 Å². The molecule has 0 aliphatic rings. The standard InChI is InChI=1S/C8H7ClN4O2/c1-2-13-7-4(3-10-13)11-5(6(9)14)8(15)12-7/h3H,2H2,1H3,(H,12,15). The summed E-state index contributed by atoms with van der Waals surface area (Å²) in [4.78, 5) is 28.6. The van der Waals surface area contributed by atoms with Crippen molar-refractivity contribution in [1.82, 2.24) is 19.7 Å². The lowest BCUT2D eigenvalue weighted by Gasteiger charge is -1.97. The van der Waals surface area contributed by atoms with E-state index in [9.17, 15) is 9.59 Å². The summed E-state index contributed by atoms with van der Waals surface area (Å²) < 4.78 is 1.58. The molecule has 6 nitrogen and oxygen atoms in total. The first kappa shape index (κ1) is 9.85. The highest BCUT2D eigenvalue weighted by Gasteiger charge is 2.13. The second kappa shape index (κ2) is 3.47. The fourth-order valence-electron chi connectivity index (χ4n) is 1.30. The Morgan fingerprint density at radius 2 is 2.40 bits per heavy atom. The van der Waals surface area contributed by atoms with E-state index in [1.807, 2.05) is 6.92 Å². The lowest BCUT2D eigenvalue weighted by Crippen LogP contribution is -2.18. The van der Waals surface area contributed by atoms with E-state index in [-0.39, 0.29) is 5.69 Å². The van der Waals surface area contributed by atoms with Gasteiger partial charge in [0.25, 0.3) is 10.8 Å². The Labute approximate surface area is 88.9 Å². The van der Waals surface area contributed by atoms with Crippen molar-refractivity contribution in [2.24, 2.45) is 0 Å². The molecule has 0 aliphatic heterocycles. The van der Waals surface area contributed by atoms with E-state index in [4.69, 9.17) is 11.6 Å². The van der Waals surface area contributed by atoms with E-state index in [1.54, 1.807) is 4.68 Å². The smallest absolute Gasteiger partial charge is 0.280 e. The molecule has 2 aromatic heterocycles. The quantitative estimate of drug-likeness (QED) is 0.757. The summed E-state index contributed by atoms with van der Waals surface area (Å²) in [5.41, 5.74) is 0.0298. The highest BCUT2D eigenvalue weighted by molar-refractivity contribution is 6.67. The number of hydrogen-bond acceptors (Lipinski definition) is 4. The Kier molecular flexibility index (Phi) is 2.28. The van der Waals surface area contributed by atoms with Crippen LogP contribution >= 0.6 is 11.6 Å². The number of fused-ring (bicyclic) bond motifs is 1. The van der Waals surface area contributed by atoms with Crippen LogP contribution in [0.3, 0.4) is 0 Å². The third-order valence-electron chi connectivity index (χ3n) is 1.99. The minimum atomic E-state index is -0.873. The van der Waals surface area contributed by atoms with Gasteiger partial charge in [-0.05, 0) is 18.5 Å². The van der Waals surface area contributed by atoms with E-state index in [0.29, 0.717) is 17.7 Å². The molecule has 0 radical (unpaired) electrons. The molecule has 2 rings (SSSR count). The molecule has 1 N–H and O–H groups in total. The van der Waals surface area contributed by atoms with Crippen LogP contribution in [0.1, 0.15) is 17.4 Å². The summed E-state index contributed by atoms with van der Waals surface area (Å²) in [5, 5.41) is 3.11. The van der Waals surface area contributed by atoms with Gasteiger partial charge in [0.05, 0.1) is 6.20 Å². The molecular formula is C8H7ClN4O2. The zero-order chi connectivity index (χ0) is 11.0. The topological polar surface area (TPSA) is 80.6 Å². The molecule has 0 aliphatic carbocycles. The molecule has 0 aromatic carbocycles. The summed E-state index contributed by atoms with van der Waals surface area (Å²) >= 11 is 5.20. The molecule has 78 valence electrons. The summed E-state index contributed by atoms with van der Waals surface area (Å²) in [6, 6.07) is 0. The number of nitrogens with one attached hydrogen (secondary N) is 1. The van der Waals surface area contributed by atoms with Crippen molar-refractivity contribution in [3.05, 3.63) is 22.2 Å². The predicted octanol–water partition coefficient (Wildman–Crippen LogP) is 0.518. The van der Waals surface area contributed by atoms with Crippen LogP contribution in [0.4, 0.5) is 0 Å². The second-order valence-corrected chi connectivity index (χ2v) is 3.23. The molecule has 0 amide bonds. The van der Waals surface area contributed by atoms with E-state index in [1.165, 1.54) is 6.20 Å². The summed E-state index contributed by atoms with van der Waals surface area (Å²) in [6.07, 6.45) is 1.47. The van der Waals surface area contributed by atoms with Gasteiger partial charge in [0, 0.05) is 6.54 Å². The number of halogens is 1. The van der Waals surface area contributed by atoms with Gasteiger partial charge < -0.3 is 4.98 Å². The lowest BCUT2D eigenvalue weighted by molar-refractivity contribution is 0.107. The summed E-state index contributed by atoms with van der Waals surface area (Å²) in [7, 11) is 0. The fourth-order valence-corrected chi connectivity index (χ4v) is 1.42. The van der Waals surface area contributed by atoms with Crippen LogP contribution in [0.15, 0.2) is 11.0 Å². The fraction of sp³-hybridized carbons (Fsp3) is 0.250. The van der Waals surface area contributed by atoms with E-state index < -0.39 is 10.8 Å². The van der Waals surface area contributed by atoms with Crippen LogP contribution < -0.4 is 5.56 Å². The van der Waals surface area contributed by atoms with Crippen LogP contribution in [0.2, 0.25) is 0 Å². The molecule has 0 atom stereocenters. The molecule has 0 fully saturated rings. The Morgan fingerprint density at radius 3 is 3.00 bits per heavy atom. The molecule has 7 heteroatoms. The summed E-state index contributed by atoms with van der Waals surface area (Å²) in [5.74, 6) is 0. The average Bonchev–Trinajstić information content (AvgIpc) is 2.58. The monoisotopic (exact) mass is 226 g/mol. The van der Waals surface area contributed by atoms with Crippen molar-refractivity contribution in [2.45, 2.75) is 13.5 Å². The maximum Gasteiger partial charge on any atom is 0.280 e. The van der Waals surface area contributed by atoms with E-state index in [2.05, 4.69) is 15.1 Å². The SMILES string of the molecule is CCn1ncc2nc(C(=O)Cl)c(=O)[nH]c21. The first-order chi connectivity index (χ1) is 7.13. The first-order valence-corrected chi connectivity index (χ1v) is 4.67. The van der Waals surface area contributed by atoms with E-state index in [0.717, 1.165) is 0 Å². The summed E-state index contributed by atoms with van der Waals surface area (Å²) in [6.45, 7) is 2.49. The van der Waals surface area contributed by atoms with Gasteiger partial charge in [-0.3, -0.25) is 9.59 Å². The van der Waals surface area contributed by atoms with Gasteiger partial charge >= 0.3 is 0 Å². The third-order valence-corrected chi connectivity index (χ3v) is 2.16. The van der Waals surface area contributed by atoms with Gasteiger partial charge in [-0.2, -0.15) is 5.10 Å². The van der Waals surface area contributed by atoms with Crippen molar-refractivity contribution < 1.29 is 4.79 Å². The van der Waals surface area contributed by atoms with Gasteiger partial charge in [0.2, 0.25) is 0 Å².